The monoisotopic (exact) mass is 544 g/mol. The highest BCUT2D eigenvalue weighted by atomic mass is 79.9. The van der Waals surface area contributed by atoms with E-state index in [2.05, 4.69) is 36.2 Å². The van der Waals surface area contributed by atoms with Crippen LogP contribution in [0.4, 0.5) is 16.5 Å². The molecule has 0 aliphatic carbocycles. The number of morpholine rings is 1. The van der Waals surface area contributed by atoms with Gasteiger partial charge in [0.2, 0.25) is 5.82 Å². The number of anilines is 3. The Morgan fingerprint density at radius 3 is 2.64 bits per heavy atom. The Morgan fingerprint density at radius 2 is 1.94 bits per heavy atom. The molecule has 0 unspecified atom stereocenters. The Bertz CT molecular complexity index is 1290. The first-order valence-corrected chi connectivity index (χ1v) is 12.2. The van der Waals surface area contributed by atoms with E-state index < -0.39 is 0 Å². The molecule has 168 valence electrons. The zero-order valence-corrected chi connectivity index (χ0v) is 20.4. The molecule has 1 N–H and O–H groups in total. The van der Waals surface area contributed by atoms with Crippen molar-refractivity contribution in [2.24, 2.45) is 0 Å². The van der Waals surface area contributed by atoms with Crippen molar-refractivity contribution in [3.05, 3.63) is 65.0 Å². The van der Waals surface area contributed by atoms with Crippen molar-refractivity contribution in [1.29, 1.82) is 0 Å². The number of nitrogens with zero attached hydrogens (tertiary/aromatic N) is 5. The van der Waals surface area contributed by atoms with Gasteiger partial charge in [0.25, 0.3) is 4.69 Å². The van der Waals surface area contributed by atoms with Gasteiger partial charge in [-0.25, -0.2) is 14.6 Å². The SMILES string of the molecule is O=C(Br)c1ncn(-c2ccc(-c3csc(Nc4ccc(N5CCOCC5)c(Cl)c4)n3)cc2)n1. The quantitative estimate of drug-likeness (QED) is 0.335. The summed E-state index contributed by atoms with van der Waals surface area (Å²) in [6.07, 6.45) is 1.50. The van der Waals surface area contributed by atoms with Crippen LogP contribution in [0.1, 0.15) is 10.6 Å². The van der Waals surface area contributed by atoms with Crippen LogP contribution in [0.3, 0.4) is 0 Å². The minimum absolute atomic E-state index is 0.118. The lowest BCUT2D eigenvalue weighted by atomic mass is 10.1. The molecule has 8 nitrogen and oxygen atoms in total. The Hall–Kier alpha value is -2.79. The third kappa shape index (κ3) is 4.93. The van der Waals surface area contributed by atoms with E-state index in [1.54, 1.807) is 4.68 Å². The lowest BCUT2D eigenvalue weighted by Crippen LogP contribution is -2.36. The van der Waals surface area contributed by atoms with Gasteiger partial charge in [0.15, 0.2) is 5.13 Å². The maximum atomic E-state index is 11.3. The molecule has 1 saturated heterocycles. The Labute approximate surface area is 207 Å². The molecule has 2 aromatic heterocycles. The highest BCUT2D eigenvalue weighted by Crippen LogP contribution is 2.32. The topological polar surface area (TPSA) is 85.2 Å². The van der Waals surface area contributed by atoms with Crippen LogP contribution in [0.15, 0.2) is 54.2 Å². The number of hydrogen-bond acceptors (Lipinski definition) is 8. The first kappa shape index (κ1) is 22.0. The normalized spacial score (nSPS) is 13.8. The summed E-state index contributed by atoms with van der Waals surface area (Å²) in [5, 5.41) is 11.0. The van der Waals surface area contributed by atoms with E-state index in [0.29, 0.717) is 5.02 Å². The van der Waals surface area contributed by atoms with Crippen molar-refractivity contribution in [3.63, 3.8) is 0 Å². The van der Waals surface area contributed by atoms with Gasteiger partial charge in [-0.1, -0.05) is 23.7 Å². The summed E-state index contributed by atoms with van der Waals surface area (Å²) in [6, 6.07) is 13.7. The number of hydrogen-bond donors (Lipinski definition) is 1. The number of aromatic nitrogens is 4. The van der Waals surface area contributed by atoms with E-state index in [9.17, 15) is 4.79 Å². The molecule has 1 fully saturated rings. The van der Waals surface area contributed by atoms with Crippen LogP contribution in [0.25, 0.3) is 16.9 Å². The van der Waals surface area contributed by atoms with Gasteiger partial charge >= 0.3 is 0 Å². The average molecular weight is 546 g/mol. The van der Waals surface area contributed by atoms with E-state index in [4.69, 9.17) is 21.3 Å². The largest absolute Gasteiger partial charge is 0.378 e. The zero-order chi connectivity index (χ0) is 22.8. The highest BCUT2D eigenvalue weighted by molar-refractivity contribution is 9.18. The van der Waals surface area contributed by atoms with Crippen molar-refractivity contribution in [3.8, 4) is 16.9 Å². The van der Waals surface area contributed by atoms with Gasteiger partial charge in [-0.05, 0) is 30.3 Å². The number of benzene rings is 2. The second kappa shape index (κ2) is 9.60. The van der Waals surface area contributed by atoms with Crippen LogP contribution in [0.2, 0.25) is 5.02 Å². The highest BCUT2D eigenvalue weighted by Gasteiger charge is 2.15. The fraction of sp³-hybridized carbons (Fsp3) is 0.182. The van der Waals surface area contributed by atoms with Crippen LogP contribution in [0, 0.1) is 0 Å². The first-order valence-electron chi connectivity index (χ1n) is 10.1. The molecule has 5 rings (SSSR count). The minimum Gasteiger partial charge on any atom is -0.378 e. The molecule has 33 heavy (non-hydrogen) atoms. The van der Waals surface area contributed by atoms with Gasteiger partial charge in [-0.3, -0.25) is 4.79 Å². The van der Waals surface area contributed by atoms with Gasteiger partial charge in [0.1, 0.15) is 6.33 Å². The molecule has 3 heterocycles. The number of carbonyl (C=O) groups excluding carboxylic acids is 1. The lowest BCUT2D eigenvalue weighted by molar-refractivity contribution is 0.108. The number of carbonyl (C=O) groups is 1. The Balaban J connectivity index is 1.28. The van der Waals surface area contributed by atoms with E-state index in [1.165, 1.54) is 17.7 Å². The van der Waals surface area contributed by atoms with Crippen LogP contribution in [0.5, 0.6) is 0 Å². The van der Waals surface area contributed by atoms with Crippen molar-refractivity contribution < 1.29 is 9.53 Å². The van der Waals surface area contributed by atoms with E-state index >= 15 is 0 Å². The summed E-state index contributed by atoms with van der Waals surface area (Å²) in [5.74, 6) is 0.118. The molecule has 0 atom stereocenters. The molecular formula is C22H18BrClN6O2S. The molecule has 0 radical (unpaired) electrons. The van der Waals surface area contributed by atoms with E-state index in [1.807, 2.05) is 47.8 Å². The molecule has 0 bridgehead atoms. The Morgan fingerprint density at radius 1 is 1.15 bits per heavy atom. The fourth-order valence-electron chi connectivity index (χ4n) is 3.50. The van der Waals surface area contributed by atoms with Crippen molar-refractivity contribution >= 4 is 60.1 Å². The Kier molecular flexibility index (Phi) is 6.41. The lowest BCUT2D eigenvalue weighted by Gasteiger charge is -2.29. The van der Waals surface area contributed by atoms with Gasteiger partial charge in [0, 0.05) is 45.7 Å². The summed E-state index contributed by atoms with van der Waals surface area (Å²) in [5.41, 5.74) is 4.54. The summed E-state index contributed by atoms with van der Waals surface area (Å²) >= 11 is 10.9. The van der Waals surface area contributed by atoms with Crippen LogP contribution in [-0.4, -0.2) is 50.7 Å². The summed E-state index contributed by atoms with van der Waals surface area (Å²) in [7, 11) is 0. The summed E-state index contributed by atoms with van der Waals surface area (Å²) in [4.78, 5) is 22.2. The number of nitrogens with one attached hydrogen (secondary N) is 1. The van der Waals surface area contributed by atoms with Crippen LogP contribution >= 0.6 is 38.9 Å². The summed E-state index contributed by atoms with van der Waals surface area (Å²) in [6.45, 7) is 3.12. The molecule has 4 aromatic rings. The summed E-state index contributed by atoms with van der Waals surface area (Å²) < 4.78 is 6.62. The third-order valence-electron chi connectivity index (χ3n) is 5.15. The molecule has 0 spiro atoms. The standard InChI is InChI=1S/C22H18BrClN6O2S/c23-20(31)21-25-13-30(28-21)16-4-1-14(2-5-16)18-12-33-22(27-18)26-15-3-6-19(17(24)11-15)29-7-9-32-10-8-29/h1-6,11-13H,7-10H2,(H,26,27). The van der Waals surface area contributed by atoms with Gasteiger partial charge in [-0.15, -0.1) is 16.4 Å². The molecule has 11 heteroatoms. The van der Waals surface area contributed by atoms with E-state index in [0.717, 1.165) is 59.8 Å². The smallest absolute Gasteiger partial charge is 0.267 e. The molecule has 0 amide bonds. The van der Waals surface area contributed by atoms with Crippen LogP contribution in [-0.2, 0) is 4.74 Å². The van der Waals surface area contributed by atoms with Gasteiger partial charge in [-0.2, -0.15) is 0 Å². The number of ether oxygens (including phenoxy) is 1. The second-order valence-corrected chi connectivity index (χ2v) is 9.25. The molecule has 2 aromatic carbocycles. The van der Waals surface area contributed by atoms with Gasteiger partial charge in [0.05, 0.1) is 35.3 Å². The van der Waals surface area contributed by atoms with Crippen LogP contribution < -0.4 is 10.2 Å². The predicted octanol–water partition coefficient (Wildman–Crippen LogP) is 5.16. The van der Waals surface area contributed by atoms with E-state index in [-0.39, 0.29) is 10.5 Å². The molecule has 1 aliphatic rings. The predicted molar refractivity (Wildman–Crippen MR) is 133 cm³/mol. The zero-order valence-electron chi connectivity index (χ0n) is 17.2. The molecule has 1 aliphatic heterocycles. The number of thiazole rings is 1. The number of halogens is 2. The van der Waals surface area contributed by atoms with Crippen molar-refractivity contribution in [2.75, 3.05) is 36.5 Å². The van der Waals surface area contributed by atoms with Gasteiger partial charge < -0.3 is 15.0 Å². The molecular weight excluding hydrogens is 528 g/mol. The third-order valence-corrected chi connectivity index (χ3v) is 6.57. The van der Waals surface area contributed by atoms with Crippen molar-refractivity contribution in [2.45, 2.75) is 0 Å². The van der Waals surface area contributed by atoms with Crippen molar-refractivity contribution in [1.82, 2.24) is 19.7 Å². The number of rotatable bonds is 6. The average Bonchev–Trinajstić information content (AvgIpc) is 3.50. The first-order chi connectivity index (χ1) is 16.1. The maximum absolute atomic E-state index is 11.3. The fourth-order valence-corrected chi connectivity index (χ4v) is 4.72. The maximum Gasteiger partial charge on any atom is 0.267 e. The molecule has 0 saturated carbocycles. The minimum atomic E-state index is -0.350. The second-order valence-electron chi connectivity index (χ2n) is 7.26.